The summed E-state index contributed by atoms with van der Waals surface area (Å²) in [6.07, 6.45) is 9.71. The molecule has 0 saturated heterocycles. The first-order valence-electron chi connectivity index (χ1n) is 4.46. The summed E-state index contributed by atoms with van der Waals surface area (Å²) in [5.41, 5.74) is 2.03. The van der Waals surface area contributed by atoms with Gasteiger partial charge in [-0.25, -0.2) is 4.79 Å². The number of fused-ring (bicyclic) bond motifs is 1. The van der Waals surface area contributed by atoms with Crippen molar-refractivity contribution in [1.82, 2.24) is 0 Å². The van der Waals surface area contributed by atoms with E-state index in [9.17, 15) is 4.79 Å². The zero-order valence-electron chi connectivity index (χ0n) is 7.56. The summed E-state index contributed by atoms with van der Waals surface area (Å²) in [5.74, 6) is -0.811. The van der Waals surface area contributed by atoms with Crippen molar-refractivity contribution >= 4 is 23.4 Å². The third-order valence-corrected chi connectivity index (χ3v) is 3.23. The van der Waals surface area contributed by atoms with Crippen LogP contribution in [0.2, 0.25) is 0 Å². The highest BCUT2D eigenvalue weighted by Gasteiger charge is 2.15. The van der Waals surface area contributed by atoms with Crippen LogP contribution in [-0.4, -0.2) is 11.1 Å². The van der Waals surface area contributed by atoms with Crippen LogP contribution in [0.1, 0.15) is 27.2 Å². The molecule has 1 aliphatic carbocycles. The lowest BCUT2D eigenvalue weighted by Gasteiger charge is -2.02. The van der Waals surface area contributed by atoms with Crippen LogP contribution in [-0.2, 0) is 6.42 Å². The molecule has 0 radical (unpaired) electrons. The summed E-state index contributed by atoms with van der Waals surface area (Å²) in [6.45, 7) is 0. The Morgan fingerprint density at radius 1 is 1.43 bits per heavy atom. The fraction of sp³-hybridized carbons (Fsp3) is 0.182. The van der Waals surface area contributed by atoms with Gasteiger partial charge in [0.25, 0.3) is 0 Å². The molecule has 2 nitrogen and oxygen atoms in total. The van der Waals surface area contributed by atoms with Crippen LogP contribution < -0.4 is 0 Å². The number of allylic oxidation sites excluding steroid dienone is 3. The van der Waals surface area contributed by atoms with E-state index >= 15 is 0 Å². The minimum absolute atomic E-state index is 0.486. The molecule has 0 aliphatic heterocycles. The normalized spacial score (nSPS) is 16.9. The van der Waals surface area contributed by atoms with Gasteiger partial charge in [0.15, 0.2) is 0 Å². The zero-order valence-corrected chi connectivity index (χ0v) is 8.38. The van der Waals surface area contributed by atoms with E-state index in [1.807, 2.05) is 23.6 Å². The summed E-state index contributed by atoms with van der Waals surface area (Å²) in [5, 5.41) is 10.9. The molecule has 2 rings (SSSR count). The minimum atomic E-state index is -0.811. The highest BCUT2D eigenvalue weighted by molar-refractivity contribution is 7.12. The lowest BCUT2D eigenvalue weighted by atomic mass is 10.0. The maximum absolute atomic E-state index is 10.9. The van der Waals surface area contributed by atoms with E-state index in [0.29, 0.717) is 4.88 Å². The number of aromatic carboxylic acids is 1. The third kappa shape index (κ3) is 1.63. The van der Waals surface area contributed by atoms with Crippen molar-refractivity contribution in [2.75, 3.05) is 0 Å². The molecule has 1 aromatic heterocycles. The smallest absolute Gasteiger partial charge is 0.346 e. The molecule has 0 bridgehead atoms. The van der Waals surface area contributed by atoms with Gasteiger partial charge >= 0.3 is 5.97 Å². The molecule has 72 valence electrons. The second-order valence-corrected chi connectivity index (χ2v) is 4.01. The summed E-state index contributed by atoms with van der Waals surface area (Å²) in [6, 6.07) is 0. The maximum atomic E-state index is 10.9. The van der Waals surface area contributed by atoms with E-state index < -0.39 is 5.97 Å². The van der Waals surface area contributed by atoms with Crippen LogP contribution >= 0.6 is 11.3 Å². The van der Waals surface area contributed by atoms with E-state index in [1.165, 1.54) is 11.3 Å². The van der Waals surface area contributed by atoms with Crippen LogP contribution in [0, 0.1) is 0 Å². The number of carboxylic acids is 1. The SMILES string of the molecule is O=C(O)c1scc2c1CC/C=C\C=C2. The number of rotatable bonds is 1. The fourth-order valence-electron chi connectivity index (χ4n) is 1.53. The summed E-state index contributed by atoms with van der Waals surface area (Å²) in [7, 11) is 0. The standard InChI is InChI=1S/C11H10O2S/c12-11(13)10-9-6-4-2-1-3-5-8(9)7-14-10/h1-3,5,7H,4,6H2,(H,12,13)/b2-1-,5-3?. The van der Waals surface area contributed by atoms with Gasteiger partial charge < -0.3 is 5.11 Å². The molecule has 1 aromatic rings. The van der Waals surface area contributed by atoms with Gasteiger partial charge in [0, 0.05) is 0 Å². The van der Waals surface area contributed by atoms with Gasteiger partial charge in [-0.15, -0.1) is 11.3 Å². The number of hydrogen-bond acceptors (Lipinski definition) is 2. The van der Waals surface area contributed by atoms with Gasteiger partial charge in [0.05, 0.1) is 0 Å². The van der Waals surface area contributed by atoms with Crippen LogP contribution in [0.15, 0.2) is 23.6 Å². The van der Waals surface area contributed by atoms with Gasteiger partial charge in [0.1, 0.15) is 4.88 Å². The van der Waals surface area contributed by atoms with Crippen molar-refractivity contribution in [3.8, 4) is 0 Å². The zero-order chi connectivity index (χ0) is 9.97. The second kappa shape index (κ2) is 3.80. The topological polar surface area (TPSA) is 37.3 Å². The average molecular weight is 206 g/mol. The number of hydrogen-bond donors (Lipinski definition) is 1. The van der Waals surface area contributed by atoms with Crippen LogP contribution in [0.5, 0.6) is 0 Å². The van der Waals surface area contributed by atoms with Crippen molar-refractivity contribution in [3.05, 3.63) is 39.6 Å². The second-order valence-electron chi connectivity index (χ2n) is 3.13. The van der Waals surface area contributed by atoms with Crippen molar-refractivity contribution in [2.24, 2.45) is 0 Å². The highest BCUT2D eigenvalue weighted by Crippen LogP contribution is 2.26. The molecule has 0 saturated carbocycles. The molecule has 14 heavy (non-hydrogen) atoms. The molecule has 3 heteroatoms. The van der Waals surface area contributed by atoms with E-state index in [1.54, 1.807) is 0 Å². The predicted octanol–water partition coefficient (Wildman–Crippen LogP) is 2.96. The molecule has 1 N–H and O–H groups in total. The van der Waals surface area contributed by atoms with Gasteiger partial charge in [0.2, 0.25) is 0 Å². The van der Waals surface area contributed by atoms with Crippen molar-refractivity contribution in [3.63, 3.8) is 0 Å². The van der Waals surface area contributed by atoms with Crippen LogP contribution in [0.4, 0.5) is 0 Å². The Hall–Kier alpha value is -1.35. The molecule has 0 amide bonds. The molecule has 1 aliphatic rings. The van der Waals surface area contributed by atoms with E-state index in [-0.39, 0.29) is 0 Å². The molecular weight excluding hydrogens is 196 g/mol. The largest absolute Gasteiger partial charge is 0.477 e. The molecule has 0 atom stereocenters. The first kappa shape index (κ1) is 9.21. The molecule has 0 spiro atoms. The van der Waals surface area contributed by atoms with E-state index in [4.69, 9.17) is 5.11 Å². The minimum Gasteiger partial charge on any atom is -0.477 e. The van der Waals surface area contributed by atoms with Gasteiger partial charge in [-0.05, 0) is 29.3 Å². The Morgan fingerprint density at radius 3 is 3.07 bits per heavy atom. The Kier molecular flexibility index (Phi) is 2.50. The molecule has 0 unspecified atom stereocenters. The Labute approximate surface area is 86.2 Å². The monoisotopic (exact) mass is 206 g/mol. The molecular formula is C11H10O2S. The van der Waals surface area contributed by atoms with Crippen molar-refractivity contribution in [2.45, 2.75) is 12.8 Å². The predicted molar refractivity (Wildman–Crippen MR) is 57.8 cm³/mol. The number of thiophene rings is 1. The Balaban J connectivity index is 2.47. The van der Waals surface area contributed by atoms with Gasteiger partial charge in [-0.1, -0.05) is 24.3 Å². The third-order valence-electron chi connectivity index (χ3n) is 2.20. The summed E-state index contributed by atoms with van der Waals surface area (Å²) >= 11 is 1.31. The lowest BCUT2D eigenvalue weighted by molar-refractivity contribution is 0.0701. The maximum Gasteiger partial charge on any atom is 0.346 e. The van der Waals surface area contributed by atoms with Crippen molar-refractivity contribution < 1.29 is 9.90 Å². The van der Waals surface area contributed by atoms with Crippen LogP contribution in [0.3, 0.4) is 0 Å². The average Bonchev–Trinajstić information content (AvgIpc) is 2.47. The van der Waals surface area contributed by atoms with Crippen LogP contribution in [0.25, 0.3) is 6.08 Å². The van der Waals surface area contributed by atoms with Gasteiger partial charge in [-0.3, -0.25) is 0 Å². The first-order valence-corrected chi connectivity index (χ1v) is 5.34. The molecule has 1 heterocycles. The number of carboxylic acid groups (broad SMARTS) is 1. The first-order chi connectivity index (χ1) is 6.79. The quantitative estimate of drug-likeness (QED) is 0.767. The highest BCUT2D eigenvalue weighted by atomic mass is 32.1. The van der Waals surface area contributed by atoms with Gasteiger partial charge in [-0.2, -0.15) is 0 Å². The fourth-order valence-corrected chi connectivity index (χ4v) is 2.46. The molecule has 0 fully saturated rings. The van der Waals surface area contributed by atoms with E-state index in [2.05, 4.69) is 6.08 Å². The summed E-state index contributed by atoms with van der Waals surface area (Å²) < 4.78 is 0. The van der Waals surface area contributed by atoms with Crippen molar-refractivity contribution in [1.29, 1.82) is 0 Å². The Bertz CT molecular complexity index is 413. The Morgan fingerprint density at radius 2 is 2.29 bits per heavy atom. The molecule has 0 aromatic carbocycles. The van der Waals surface area contributed by atoms with E-state index in [0.717, 1.165) is 24.0 Å². The lowest BCUT2D eigenvalue weighted by Crippen LogP contribution is -1.99. The summed E-state index contributed by atoms with van der Waals surface area (Å²) in [4.78, 5) is 11.4. The number of carbonyl (C=O) groups is 1.